The summed E-state index contributed by atoms with van der Waals surface area (Å²) in [5, 5.41) is 3.21. The fourth-order valence-electron chi connectivity index (χ4n) is 3.78. The van der Waals surface area contributed by atoms with Crippen molar-refractivity contribution in [2.24, 2.45) is 17.6 Å². The molecule has 0 aliphatic carbocycles. The molecular weight excluding hydrogens is 292 g/mol. The van der Waals surface area contributed by atoms with E-state index in [4.69, 9.17) is 5.73 Å². The van der Waals surface area contributed by atoms with Crippen molar-refractivity contribution in [2.45, 2.75) is 45.1 Å². The third-order valence-corrected chi connectivity index (χ3v) is 5.57. The van der Waals surface area contributed by atoms with Gasteiger partial charge in [0.15, 0.2) is 0 Å². The largest absolute Gasteiger partial charge is 0.369 e. The quantitative estimate of drug-likeness (QED) is 0.742. The highest BCUT2D eigenvalue weighted by molar-refractivity contribution is 5.82. The predicted octanol–water partition coefficient (Wildman–Crippen LogP) is 0.420. The summed E-state index contributed by atoms with van der Waals surface area (Å²) < 4.78 is 0. The minimum atomic E-state index is -0.228. The molecule has 0 aromatic rings. The summed E-state index contributed by atoms with van der Waals surface area (Å²) in [7, 11) is 2.00. The van der Waals surface area contributed by atoms with Crippen LogP contribution in [0.5, 0.6) is 0 Å². The number of likely N-dealkylation sites (tertiary alicyclic amines) is 2. The first-order valence-electron chi connectivity index (χ1n) is 8.99. The third-order valence-electron chi connectivity index (χ3n) is 5.57. The molecule has 0 spiro atoms. The van der Waals surface area contributed by atoms with Gasteiger partial charge in [-0.1, -0.05) is 0 Å². The molecule has 2 amide bonds. The average Bonchev–Trinajstić information content (AvgIpc) is 2.59. The summed E-state index contributed by atoms with van der Waals surface area (Å²) >= 11 is 0. The highest BCUT2D eigenvalue weighted by Crippen LogP contribution is 2.23. The smallest absolute Gasteiger partial charge is 0.239 e. The number of hydrogen-bond donors (Lipinski definition) is 2. The van der Waals surface area contributed by atoms with E-state index in [0.29, 0.717) is 25.9 Å². The number of primary amides is 1. The van der Waals surface area contributed by atoms with Gasteiger partial charge in [-0.05, 0) is 71.6 Å². The Balaban J connectivity index is 1.76. The lowest BCUT2D eigenvalue weighted by Crippen LogP contribution is -2.52. The molecule has 0 aromatic heterocycles. The Labute approximate surface area is 139 Å². The number of nitrogens with two attached hydrogens (primary N) is 1. The van der Waals surface area contributed by atoms with Gasteiger partial charge in [-0.25, -0.2) is 0 Å². The Bertz CT molecular complexity index is 399. The van der Waals surface area contributed by atoms with Gasteiger partial charge in [0.05, 0.1) is 6.04 Å². The summed E-state index contributed by atoms with van der Waals surface area (Å²) in [6, 6.07) is -0.0506. The maximum Gasteiger partial charge on any atom is 0.239 e. The van der Waals surface area contributed by atoms with E-state index < -0.39 is 0 Å². The van der Waals surface area contributed by atoms with Crippen LogP contribution in [0.25, 0.3) is 0 Å². The van der Waals surface area contributed by atoms with E-state index in [1.807, 2.05) is 18.9 Å². The number of rotatable bonds is 6. The van der Waals surface area contributed by atoms with Crippen molar-refractivity contribution < 1.29 is 9.59 Å². The van der Waals surface area contributed by atoms with Gasteiger partial charge in [0.2, 0.25) is 11.8 Å². The highest BCUT2D eigenvalue weighted by atomic mass is 16.2. The fraction of sp³-hybridized carbons (Fsp3) is 0.882. The molecule has 2 aliphatic rings. The second kappa shape index (κ2) is 8.64. The van der Waals surface area contributed by atoms with Crippen molar-refractivity contribution in [3.05, 3.63) is 0 Å². The predicted molar refractivity (Wildman–Crippen MR) is 90.8 cm³/mol. The molecule has 23 heavy (non-hydrogen) atoms. The Morgan fingerprint density at radius 2 is 1.74 bits per heavy atom. The molecule has 6 nitrogen and oxygen atoms in total. The first-order chi connectivity index (χ1) is 11.0. The summed E-state index contributed by atoms with van der Waals surface area (Å²) in [5.41, 5.74) is 5.36. The fourth-order valence-corrected chi connectivity index (χ4v) is 3.78. The van der Waals surface area contributed by atoms with Crippen molar-refractivity contribution >= 4 is 11.8 Å². The van der Waals surface area contributed by atoms with Gasteiger partial charge in [-0.2, -0.15) is 0 Å². The Morgan fingerprint density at radius 1 is 1.13 bits per heavy atom. The van der Waals surface area contributed by atoms with E-state index >= 15 is 0 Å². The van der Waals surface area contributed by atoms with Gasteiger partial charge in [0.25, 0.3) is 0 Å². The highest BCUT2D eigenvalue weighted by Gasteiger charge is 2.32. The number of carbonyl (C=O) groups excluding carboxylic acids is 2. The van der Waals surface area contributed by atoms with E-state index in [-0.39, 0.29) is 23.8 Å². The molecule has 0 saturated carbocycles. The van der Waals surface area contributed by atoms with Gasteiger partial charge in [0.1, 0.15) is 0 Å². The minimum absolute atomic E-state index is 0.0506. The van der Waals surface area contributed by atoms with Crippen LogP contribution in [0.4, 0.5) is 0 Å². The van der Waals surface area contributed by atoms with Crippen LogP contribution in [0.3, 0.4) is 0 Å². The lowest BCUT2D eigenvalue weighted by Gasteiger charge is -2.39. The van der Waals surface area contributed by atoms with Gasteiger partial charge in [-0.15, -0.1) is 0 Å². The van der Waals surface area contributed by atoms with Crippen molar-refractivity contribution in [1.29, 1.82) is 0 Å². The lowest BCUT2D eigenvalue weighted by molar-refractivity contribution is -0.140. The SMILES string of the molecule is CNCCC1CCN(C(C)C(=O)N2CCC(C(N)=O)CC2)CC1. The van der Waals surface area contributed by atoms with Crippen LogP contribution in [0, 0.1) is 11.8 Å². The standard InChI is InChI=1S/C17H32N4O2/c1-13(20-9-4-14(5-10-20)3-8-19-2)17(23)21-11-6-15(7-12-21)16(18)22/h13-15,19H,3-12H2,1-2H3,(H2,18,22). The zero-order valence-corrected chi connectivity index (χ0v) is 14.6. The molecule has 2 saturated heterocycles. The summed E-state index contributed by atoms with van der Waals surface area (Å²) in [6.45, 7) is 6.45. The first-order valence-corrected chi connectivity index (χ1v) is 8.99. The molecule has 2 aliphatic heterocycles. The van der Waals surface area contributed by atoms with E-state index in [0.717, 1.165) is 25.6 Å². The summed E-state index contributed by atoms with van der Waals surface area (Å²) in [6.07, 6.45) is 5.01. The van der Waals surface area contributed by atoms with Crippen LogP contribution in [-0.2, 0) is 9.59 Å². The van der Waals surface area contributed by atoms with Crippen LogP contribution < -0.4 is 11.1 Å². The van der Waals surface area contributed by atoms with Crippen LogP contribution >= 0.6 is 0 Å². The molecule has 2 heterocycles. The van der Waals surface area contributed by atoms with Crippen LogP contribution in [0.1, 0.15) is 39.0 Å². The van der Waals surface area contributed by atoms with Crippen molar-refractivity contribution in [3.8, 4) is 0 Å². The molecular formula is C17H32N4O2. The van der Waals surface area contributed by atoms with Crippen LogP contribution in [0.15, 0.2) is 0 Å². The summed E-state index contributed by atoms with van der Waals surface area (Å²) in [4.78, 5) is 28.1. The van der Waals surface area contributed by atoms with Crippen molar-refractivity contribution in [2.75, 3.05) is 39.8 Å². The van der Waals surface area contributed by atoms with Gasteiger partial charge < -0.3 is 16.0 Å². The van der Waals surface area contributed by atoms with E-state index in [2.05, 4.69) is 10.2 Å². The number of nitrogens with zero attached hydrogens (tertiary/aromatic N) is 2. The van der Waals surface area contributed by atoms with Gasteiger partial charge in [0, 0.05) is 19.0 Å². The number of carbonyl (C=O) groups is 2. The Hall–Kier alpha value is -1.14. The molecule has 1 unspecified atom stereocenters. The molecule has 2 fully saturated rings. The van der Waals surface area contributed by atoms with Gasteiger partial charge in [-0.3, -0.25) is 14.5 Å². The molecule has 2 rings (SSSR count). The number of amides is 2. The van der Waals surface area contributed by atoms with Gasteiger partial charge >= 0.3 is 0 Å². The second-order valence-electron chi connectivity index (χ2n) is 7.05. The Kier molecular flexibility index (Phi) is 6.84. The lowest BCUT2D eigenvalue weighted by atomic mass is 9.92. The van der Waals surface area contributed by atoms with Crippen LogP contribution in [0.2, 0.25) is 0 Å². The van der Waals surface area contributed by atoms with Crippen LogP contribution in [-0.4, -0.2) is 67.4 Å². The Morgan fingerprint density at radius 3 is 2.26 bits per heavy atom. The molecule has 0 aromatic carbocycles. The number of nitrogens with one attached hydrogen (secondary N) is 1. The molecule has 0 radical (unpaired) electrons. The molecule has 3 N–H and O–H groups in total. The zero-order chi connectivity index (χ0) is 16.8. The maximum atomic E-state index is 12.7. The topological polar surface area (TPSA) is 78.7 Å². The van der Waals surface area contributed by atoms with E-state index in [1.54, 1.807) is 0 Å². The number of hydrogen-bond acceptors (Lipinski definition) is 4. The summed E-state index contributed by atoms with van der Waals surface area (Å²) in [5.74, 6) is 0.708. The third kappa shape index (κ3) is 4.91. The van der Waals surface area contributed by atoms with Crippen molar-refractivity contribution in [3.63, 3.8) is 0 Å². The molecule has 0 bridgehead atoms. The first kappa shape index (κ1) is 18.2. The number of piperidine rings is 2. The monoisotopic (exact) mass is 324 g/mol. The molecule has 1 atom stereocenters. The van der Waals surface area contributed by atoms with E-state index in [1.165, 1.54) is 19.3 Å². The van der Waals surface area contributed by atoms with Crippen molar-refractivity contribution in [1.82, 2.24) is 15.1 Å². The normalized spacial score (nSPS) is 23.0. The average molecular weight is 324 g/mol. The zero-order valence-electron chi connectivity index (χ0n) is 14.6. The van der Waals surface area contributed by atoms with E-state index in [9.17, 15) is 9.59 Å². The second-order valence-corrected chi connectivity index (χ2v) is 7.05. The minimum Gasteiger partial charge on any atom is -0.369 e. The maximum absolute atomic E-state index is 12.7. The molecule has 6 heteroatoms. The molecule has 132 valence electrons.